The van der Waals surface area contributed by atoms with Crippen molar-refractivity contribution < 1.29 is 14.3 Å². The molecule has 154 valence electrons. The number of hydrogen-bond acceptors (Lipinski definition) is 4. The first kappa shape index (κ1) is 20.5. The number of rotatable bonds is 5. The van der Waals surface area contributed by atoms with Crippen molar-refractivity contribution in [2.24, 2.45) is 0 Å². The Morgan fingerprint density at radius 1 is 0.839 bits per heavy atom. The summed E-state index contributed by atoms with van der Waals surface area (Å²) in [6.45, 7) is 5.76. The van der Waals surface area contributed by atoms with E-state index in [1.165, 1.54) is 5.56 Å². The van der Waals surface area contributed by atoms with E-state index in [1.54, 1.807) is 30.3 Å². The maximum atomic E-state index is 13.0. The van der Waals surface area contributed by atoms with Gasteiger partial charge in [0, 0.05) is 16.5 Å². The number of esters is 1. The average molecular weight is 409 g/mol. The van der Waals surface area contributed by atoms with Gasteiger partial charge in [-0.25, -0.2) is 9.78 Å². The Kier molecular flexibility index (Phi) is 5.63. The fraction of sp³-hybridized carbons (Fsp3) is 0.148. The summed E-state index contributed by atoms with van der Waals surface area (Å²) in [5.74, 6) is -0.773. The molecule has 0 saturated carbocycles. The van der Waals surface area contributed by atoms with Crippen LogP contribution in [0.25, 0.3) is 22.2 Å². The number of aryl methyl sites for hydroxylation is 3. The second-order valence-corrected chi connectivity index (χ2v) is 7.74. The van der Waals surface area contributed by atoms with E-state index in [0.717, 1.165) is 16.7 Å². The zero-order valence-corrected chi connectivity index (χ0v) is 17.8. The van der Waals surface area contributed by atoms with Crippen LogP contribution in [0.5, 0.6) is 0 Å². The Morgan fingerprint density at radius 2 is 1.61 bits per heavy atom. The van der Waals surface area contributed by atoms with Gasteiger partial charge in [0.2, 0.25) is 0 Å². The Morgan fingerprint density at radius 3 is 2.35 bits per heavy atom. The maximum absolute atomic E-state index is 13.0. The topological polar surface area (TPSA) is 56.3 Å². The number of nitrogens with zero attached hydrogens (tertiary/aromatic N) is 1. The van der Waals surface area contributed by atoms with Gasteiger partial charge < -0.3 is 4.74 Å². The first-order valence-electron chi connectivity index (χ1n) is 10.2. The van der Waals surface area contributed by atoms with Crippen LogP contribution in [0.4, 0.5) is 0 Å². The molecule has 1 aromatic heterocycles. The van der Waals surface area contributed by atoms with Crippen molar-refractivity contribution in [3.63, 3.8) is 0 Å². The highest BCUT2D eigenvalue weighted by molar-refractivity contribution is 6.06. The van der Waals surface area contributed by atoms with Crippen LogP contribution >= 0.6 is 0 Å². The Hall–Kier alpha value is -3.79. The van der Waals surface area contributed by atoms with Crippen molar-refractivity contribution in [1.29, 1.82) is 0 Å². The molecule has 3 aromatic carbocycles. The van der Waals surface area contributed by atoms with Gasteiger partial charge in [0.15, 0.2) is 12.4 Å². The van der Waals surface area contributed by atoms with E-state index in [9.17, 15) is 9.59 Å². The van der Waals surface area contributed by atoms with E-state index >= 15 is 0 Å². The number of pyridine rings is 1. The normalized spacial score (nSPS) is 10.8. The van der Waals surface area contributed by atoms with Gasteiger partial charge in [-0.05, 0) is 56.2 Å². The highest BCUT2D eigenvalue weighted by Crippen LogP contribution is 2.27. The Bertz CT molecular complexity index is 1290. The first-order valence-corrected chi connectivity index (χ1v) is 10.2. The Labute approximate surface area is 181 Å². The van der Waals surface area contributed by atoms with Gasteiger partial charge >= 0.3 is 5.97 Å². The number of fused-ring (bicyclic) bond motifs is 1. The minimum atomic E-state index is -0.535. The third kappa shape index (κ3) is 4.38. The van der Waals surface area contributed by atoms with E-state index in [0.29, 0.717) is 27.7 Å². The molecule has 0 amide bonds. The minimum Gasteiger partial charge on any atom is -0.454 e. The monoisotopic (exact) mass is 409 g/mol. The van der Waals surface area contributed by atoms with Gasteiger partial charge in [-0.3, -0.25) is 4.79 Å². The van der Waals surface area contributed by atoms with E-state index in [-0.39, 0.29) is 12.4 Å². The molecule has 4 aromatic rings. The summed E-state index contributed by atoms with van der Waals surface area (Å²) in [6.07, 6.45) is 0. The third-order valence-electron chi connectivity index (χ3n) is 5.42. The fourth-order valence-electron chi connectivity index (χ4n) is 3.47. The smallest absolute Gasteiger partial charge is 0.339 e. The summed E-state index contributed by atoms with van der Waals surface area (Å²) >= 11 is 0. The van der Waals surface area contributed by atoms with Crippen LogP contribution < -0.4 is 0 Å². The molecule has 0 saturated heterocycles. The number of ketones is 1. The van der Waals surface area contributed by atoms with Crippen molar-refractivity contribution in [2.45, 2.75) is 20.8 Å². The van der Waals surface area contributed by atoms with Crippen LogP contribution in [0.3, 0.4) is 0 Å². The standard InChI is InChI=1S/C27H23NO3/c1-17-9-12-24-22(13-17)23(15-25(28-24)21-11-10-18(2)19(3)14-21)27(30)31-16-26(29)20-7-5-4-6-8-20/h4-15H,16H2,1-3H3. The van der Waals surface area contributed by atoms with Crippen LogP contribution in [0.2, 0.25) is 0 Å². The molecule has 0 N–H and O–H groups in total. The molecule has 0 aliphatic heterocycles. The highest BCUT2D eigenvalue weighted by Gasteiger charge is 2.17. The average Bonchev–Trinajstić information content (AvgIpc) is 2.79. The van der Waals surface area contributed by atoms with Crippen LogP contribution in [0.1, 0.15) is 37.4 Å². The fourth-order valence-corrected chi connectivity index (χ4v) is 3.47. The molecule has 0 bridgehead atoms. The lowest BCUT2D eigenvalue weighted by Crippen LogP contribution is -2.15. The number of carbonyl (C=O) groups excluding carboxylic acids is 2. The van der Waals surface area contributed by atoms with Crippen LogP contribution in [-0.2, 0) is 4.74 Å². The predicted octanol–water partition coefficient (Wildman–Crippen LogP) is 5.87. The van der Waals surface area contributed by atoms with Gasteiger partial charge in [0.05, 0.1) is 16.8 Å². The minimum absolute atomic E-state index is 0.238. The van der Waals surface area contributed by atoms with E-state index in [1.807, 2.05) is 50.2 Å². The lowest BCUT2D eigenvalue weighted by molar-refractivity contribution is 0.0476. The number of Topliss-reactive ketones (excluding diaryl/α,β-unsaturated/α-hetero) is 1. The quantitative estimate of drug-likeness (QED) is 0.306. The number of hydrogen-bond donors (Lipinski definition) is 0. The summed E-state index contributed by atoms with van der Waals surface area (Å²) in [7, 11) is 0. The zero-order valence-electron chi connectivity index (χ0n) is 17.8. The number of aromatic nitrogens is 1. The largest absolute Gasteiger partial charge is 0.454 e. The number of carbonyl (C=O) groups is 2. The molecule has 0 unspecified atom stereocenters. The molecule has 0 spiro atoms. The molecular formula is C27H23NO3. The summed E-state index contributed by atoms with van der Waals surface area (Å²) in [4.78, 5) is 30.1. The molecule has 0 aliphatic rings. The summed E-state index contributed by atoms with van der Waals surface area (Å²) in [5.41, 5.74) is 6.62. The maximum Gasteiger partial charge on any atom is 0.339 e. The second kappa shape index (κ2) is 8.52. The molecule has 0 atom stereocenters. The van der Waals surface area contributed by atoms with Crippen LogP contribution in [0.15, 0.2) is 72.8 Å². The summed E-state index contributed by atoms with van der Waals surface area (Å²) < 4.78 is 5.41. The van der Waals surface area contributed by atoms with Crippen molar-refractivity contribution in [3.8, 4) is 11.3 Å². The second-order valence-electron chi connectivity index (χ2n) is 7.74. The SMILES string of the molecule is Cc1ccc2nc(-c3ccc(C)c(C)c3)cc(C(=O)OCC(=O)c3ccccc3)c2c1. The summed E-state index contributed by atoms with van der Waals surface area (Å²) in [5, 5.41) is 0.713. The molecule has 0 radical (unpaired) electrons. The molecule has 4 heteroatoms. The van der Waals surface area contributed by atoms with Crippen molar-refractivity contribution in [2.75, 3.05) is 6.61 Å². The molecule has 1 heterocycles. The van der Waals surface area contributed by atoms with E-state index < -0.39 is 5.97 Å². The lowest BCUT2D eigenvalue weighted by Gasteiger charge is -2.11. The molecule has 4 rings (SSSR count). The van der Waals surface area contributed by atoms with Gasteiger partial charge in [0.1, 0.15) is 0 Å². The number of benzene rings is 3. The predicted molar refractivity (Wildman–Crippen MR) is 122 cm³/mol. The van der Waals surface area contributed by atoms with Crippen molar-refractivity contribution in [3.05, 3.63) is 101 Å². The van der Waals surface area contributed by atoms with Gasteiger partial charge in [-0.15, -0.1) is 0 Å². The highest BCUT2D eigenvalue weighted by atomic mass is 16.5. The van der Waals surface area contributed by atoms with Gasteiger partial charge in [-0.1, -0.05) is 54.1 Å². The first-order chi connectivity index (χ1) is 14.9. The molecule has 4 nitrogen and oxygen atoms in total. The van der Waals surface area contributed by atoms with Crippen LogP contribution in [-0.4, -0.2) is 23.3 Å². The number of ether oxygens (including phenoxy) is 1. The third-order valence-corrected chi connectivity index (χ3v) is 5.42. The van der Waals surface area contributed by atoms with E-state index in [2.05, 4.69) is 13.0 Å². The molecule has 0 aliphatic carbocycles. The van der Waals surface area contributed by atoms with E-state index in [4.69, 9.17) is 9.72 Å². The molecular weight excluding hydrogens is 386 g/mol. The molecule has 31 heavy (non-hydrogen) atoms. The molecule has 0 fully saturated rings. The van der Waals surface area contributed by atoms with Gasteiger partial charge in [0.25, 0.3) is 0 Å². The van der Waals surface area contributed by atoms with Crippen molar-refractivity contribution >= 4 is 22.7 Å². The zero-order chi connectivity index (χ0) is 22.0. The lowest BCUT2D eigenvalue weighted by atomic mass is 10.00. The van der Waals surface area contributed by atoms with Crippen molar-refractivity contribution in [1.82, 2.24) is 4.98 Å². The Balaban J connectivity index is 1.71. The van der Waals surface area contributed by atoms with Crippen LogP contribution in [0, 0.1) is 20.8 Å². The van der Waals surface area contributed by atoms with Gasteiger partial charge in [-0.2, -0.15) is 0 Å². The summed E-state index contributed by atoms with van der Waals surface area (Å²) in [6, 6.07) is 22.5.